The Morgan fingerprint density at radius 1 is 1.16 bits per heavy atom. The molecule has 1 saturated heterocycles. The van der Waals surface area contributed by atoms with Crippen LogP contribution in [0.5, 0.6) is 0 Å². The standard InChI is InChI=1S/C22H26F3N7/c1-12-15(6-5-7-18(12)22(23,24)25)20(26)28-21-16-8-19(32-10-14(11-32)31(3)4)27-9-17(16)13(2)29-30-21/h5-9,14,20H,10-11,26H2,1-4H3,(H,28,30)/t20-/m0/s1. The number of aromatic nitrogens is 3. The van der Waals surface area contributed by atoms with Gasteiger partial charge in [-0.2, -0.15) is 18.3 Å². The smallest absolute Gasteiger partial charge is 0.353 e. The molecule has 2 aromatic heterocycles. The van der Waals surface area contributed by atoms with Crippen molar-refractivity contribution in [1.82, 2.24) is 20.1 Å². The monoisotopic (exact) mass is 445 g/mol. The Bertz CT molecular complexity index is 1140. The normalized spacial score (nSPS) is 15.8. The summed E-state index contributed by atoms with van der Waals surface area (Å²) in [5.41, 5.74) is 6.72. The van der Waals surface area contributed by atoms with E-state index < -0.39 is 17.9 Å². The number of hydrogen-bond acceptors (Lipinski definition) is 7. The van der Waals surface area contributed by atoms with E-state index in [2.05, 4.69) is 30.3 Å². The largest absolute Gasteiger partial charge is 0.416 e. The number of nitrogens with zero attached hydrogens (tertiary/aromatic N) is 5. The Morgan fingerprint density at radius 2 is 1.88 bits per heavy atom. The van der Waals surface area contributed by atoms with Gasteiger partial charge in [0.2, 0.25) is 0 Å². The van der Waals surface area contributed by atoms with E-state index in [4.69, 9.17) is 5.73 Å². The van der Waals surface area contributed by atoms with Gasteiger partial charge in [0.15, 0.2) is 5.82 Å². The van der Waals surface area contributed by atoms with Gasteiger partial charge in [0.1, 0.15) is 12.0 Å². The average Bonchev–Trinajstić information content (AvgIpc) is 2.68. The summed E-state index contributed by atoms with van der Waals surface area (Å²) in [6.07, 6.45) is -3.58. The molecule has 0 spiro atoms. The van der Waals surface area contributed by atoms with Crippen LogP contribution in [0.2, 0.25) is 0 Å². The van der Waals surface area contributed by atoms with Crippen molar-refractivity contribution in [3.8, 4) is 0 Å². The van der Waals surface area contributed by atoms with Crippen LogP contribution in [0.4, 0.5) is 24.8 Å². The zero-order chi connectivity index (χ0) is 23.2. The molecule has 10 heteroatoms. The summed E-state index contributed by atoms with van der Waals surface area (Å²) in [5, 5.41) is 13.1. The van der Waals surface area contributed by atoms with Gasteiger partial charge in [-0.25, -0.2) is 4.98 Å². The molecular formula is C22H26F3N7. The summed E-state index contributed by atoms with van der Waals surface area (Å²) in [5.74, 6) is 1.22. The van der Waals surface area contributed by atoms with Crippen LogP contribution in [0.1, 0.15) is 28.6 Å². The van der Waals surface area contributed by atoms with Crippen molar-refractivity contribution in [2.75, 3.05) is 37.4 Å². The maximum atomic E-state index is 13.3. The van der Waals surface area contributed by atoms with Crippen LogP contribution in [-0.2, 0) is 6.18 Å². The van der Waals surface area contributed by atoms with Gasteiger partial charge in [0.25, 0.3) is 0 Å². The zero-order valence-corrected chi connectivity index (χ0v) is 18.4. The SMILES string of the molecule is Cc1c([C@@H](N)Nc2nnc(C)c3cnc(N4CC(N(C)C)C4)cc23)cccc1C(F)(F)F. The zero-order valence-electron chi connectivity index (χ0n) is 18.4. The van der Waals surface area contributed by atoms with E-state index in [0.29, 0.717) is 23.1 Å². The Labute approximate surface area is 184 Å². The fraction of sp³-hybridized carbons (Fsp3) is 0.409. The van der Waals surface area contributed by atoms with E-state index in [1.165, 1.54) is 13.0 Å². The first-order valence-electron chi connectivity index (χ1n) is 10.3. The van der Waals surface area contributed by atoms with Gasteiger partial charge in [-0.1, -0.05) is 12.1 Å². The summed E-state index contributed by atoms with van der Waals surface area (Å²) in [6, 6.07) is 6.40. The molecule has 0 bridgehead atoms. The number of benzene rings is 1. The highest BCUT2D eigenvalue weighted by Crippen LogP contribution is 2.35. The quantitative estimate of drug-likeness (QED) is 0.582. The summed E-state index contributed by atoms with van der Waals surface area (Å²) in [4.78, 5) is 8.91. The molecule has 0 unspecified atom stereocenters. The van der Waals surface area contributed by atoms with Crippen LogP contribution in [0.15, 0.2) is 30.5 Å². The molecule has 3 heterocycles. The molecule has 1 aromatic carbocycles. The number of aryl methyl sites for hydroxylation is 1. The van der Waals surface area contributed by atoms with Gasteiger partial charge >= 0.3 is 6.18 Å². The van der Waals surface area contributed by atoms with Crippen molar-refractivity contribution in [1.29, 1.82) is 0 Å². The van der Waals surface area contributed by atoms with E-state index in [9.17, 15) is 13.2 Å². The molecule has 0 radical (unpaired) electrons. The minimum atomic E-state index is -4.45. The van der Waals surface area contributed by atoms with Crippen molar-refractivity contribution in [3.63, 3.8) is 0 Å². The van der Waals surface area contributed by atoms with Crippen LogP contribution in [-0.4, -0.2) is 53.3 Å². The highest BCUT2D eigenvalue weighted by atomic mass is 19.4. The lowest BCUT2D eigenvalue weighted by Crippen LogP contribution is -2.57. The minimum absolute atomic E-state index is 0.0852. The Morgan fingerprint density at radius 3 is 2.53 bits per heavy atom. The van der Waals surface area contributed by atoms with Gasteiger partial charge in [-0.3, -0.25) is 0 Å². The Hall–Kier alpha value is -2.98. The van der Waals surface area contributed by atoms with Crippen molar-refractivity contribution in [3.05, 3.63) is 52.8 Å². The molecule has 3 N–H and O–H groups in total. The Kier molecular flexibility index (Phi) is 5.68. The third kappa shape index (κ3) is 4.07. The number of nitrogens with one attached hydrogen (secondary N) is 1. The lowest BCUT2D eigenvalue weighted by Gasteiger charge is -2.43. The maximum Gasteiger partial charge on any atom is 0.416 e. The highest BCUT2D eigenvalue weighted by Gasteiger charge is 2.33. The summed E-state index contributed by atoms with van der Waals surface area (Å²) in [7, 11) is 4.10. The number of alkyl halides is 3. The van der Waals surface area contributed by atoms with Gasteiger partial charge in [0.05, 0.1) is 11.3 Å². The van der Waals surface area contributed by atoms with E-state index in [1.54, 1.807) is 12.3 Å². The number of anilines is 2. The highest BCUT2D eigenvalue weighted by molar-refractivity contribution is 5.94. The first-order chi connectivity index (χ1) is 15.1. The predicted octanol–water partition coefficient (Wildman–Crippen LogP) is 3.48. The molecule has 32 heavy (non-hydrogen) atoms. The maximum absolute atomic E-state index is 13.3. The molecule has 0 aliphatic carbocycles. The first kappa shape index (κ1) is 22.2. The molecule has 0 amide bonds. The van der Waals surface area contributed by atoms with E-state index in [0.717, 1.165) is 35.7 Å². The second kappa shape index (κ2) is 8.18. The number of rotatable bonds is 5. The number of likely N-dealkylation sites (N-methyl/N-ethyl adjacent to an activating group) is 1. The van der Waals surface area contributed by atoms with Gasteiger partial charge < -0.3 is 20.9 Å². The summed E-state index contributed by atoms with van der Waals surface area (Å²) in [6.45, 7) is 5.00. The van der Waals surface area contributed by atoms with Crippen LogP contribution in [0.25, 0.3) is 10.8 Å². The first-order valence-corrected chi connectivity index (χ1v) is 10.3. The lowest BCUT2D eigenvalue weighted by molar-refractivity contribution is -0.138. The van der Waals surface area contributed by atoms with Crippen molar-refractivity contribution >= 4 is 22.4 Å². The molecule has 1 fully saturated rings. The fourth-order valence-corrected chi connectivity index (χ4v) is 3.93. The van der Waals surface area contributed by atoms with Crippen LogP contribution >= 0.6 is 0 Å². The van der Waals surface area contributed by atoms with Crippen molar-refractivity contribution in [2.24, 2.45) is 5.73 Å². The molecule has 1 atom stereocenters. The third-order valence-corrected chi connectivity index (χ3v) is 6.06. The Balaban J connectivity index is 1.66. The van der Waals surface area contributed by atoms with Crippen LogP contribution < -0.4 is 16.0 Å². The second-order valence-electron chi connectivity index (χ2n) is 8.38. The van der Waals surface area contributed by atoms with Crippen LogP contribution in [0.3, 0.4) is 0 Å². The van der Waals surface area contributed by atoms with E-state index in [1.807, 2.05) is 27.1 Å². The fourth-order valence-electron chi connectivity index (χ4n) is 3.93. The topological polar surface area (TPSA) is 83.2 Å². The second-order valence-corrected chi connectivity index (χ2v) is 8.38. The molecular weight excluding hydrogens is 419 g/mol. The molecule has 170 valence electrons. The van der Waals surface area contributed by atoms with Crippen molar-refractivity contribution < 1.29 is 13.2 Å². The van der Waals surface area contributed by atoms with E-state index >= 15 is 0 Å². The molecule has 7 nitrogen and oxygen atoms in total. The van der Waals surface area contributed by atoms with Crippen LogP contribution in [0, 0.1) is 13.8 Å². The number of halogens is 3. The van der Waals surface area contributed by atoms with Gasteiger partial charge in [-0.05, 0) is 51.2 Å². The molecule has 3 aromatic rings. The lowest BCUT2D eigenvalue weighted by atomic mass is 10.00. The minimum Gasteiger partial charge on any atom is -0.353 e. The summed E-state index contributed by atoms with van der Waals surface area (Å²) < 4.78 is 39.9. The van der Waals surface area contributed by atoms with Crippen molar-refractivity contribution in [2.45, 2.75) is 32.2 Å². The average molecular weight is 445 g/mol. The predicted molar refractivity (Wildman–Crippen MR) is 118 cm³/mol. The number of nitrogens with two attached hydrogens (primary N) is 1. The molecule has 0 saturated carbocycles. The molecule has 1 aliphatic rings. The molecule has 1 aliphatic heterocycles. The van der Waals surface area contributed by atoms with Gasteiger partial charge in [0, 0.05) is 36.1 Å². The number of pyridine rings is 1. The summed E-state index contributed by atoms with van der Waals surface area (Å²) >= 11 is 0. The van der Waals surface area contributed by atoms with E-state index in [-0.39, 0.29) is 5.56 Å². The number of fused-ring (bicyclic) bond motifs is 1. The number of hydrogen-bond donors (Lipinski definition) is 2. The molecule has 4 rings (SSSR count). The van der Waals surface area contributed by atoms with Gasteiger partial charge in [-0.15, -0.1) is 5.10 Å². The third-order valence-electron chi connectivity index (χ3n) is 6.06.